The van der Waals surface area contributed by atoms with E-state index in [1.807, 2.05) is 36.4 Å². The van der Waals surface area contributed by atoms with Gasteiger partial charge in [0.2, 0.25) is 5.91 Å². The molecule has 0 saturated carbocycles. The SMILES string of the molecule is C=CCn1nc(C)c(CCC(=O)N2CCC(C(=O)OCC)CC2)c1C. The number of piperidine rings is 1. The van der Waals surface area contributed by atoms with E-state index in [0.29, 0.717) is 51.9 Å². The molecule has 0 N–H and O–H groups in total. The maximum absolute atomic E-state index is 12.5. The number of esters is 1. The van der Waals surface area contributed by atoms with Crippen LogP contribution in [0.4, 0.5) is 0 Å². The van der Waals surface area contributed by atoms with Crippen molar-refractivity contribution in [2.75, 3.05) is 19.7 Å². The molecule has 2 heterocycles. The molecular weight excluding hydrogens is 318 g/mol. The molecule has 6 nitrogen and oxygen atoms in total. The third-order valence-electron chi connectivity index (χ3n) is 4.89. The Kier molecular flexibility index (Phi) is 6.79. The third-order valence-corrected chi connectivity index (χ3v) is 4.89. The van der Waals surface area contributed by atoms with Gasteiger partial charge in [-0.2, -0.15) is 5.10 Å². The van der Waals surface area contributed by atoms with Gasteiger partial charge in [-0.3, -0.25) is 14.3 Å². The van der Waals surface area contributed by atoms with E-state index < -0.39 is 0 Å². The van der Waals surface area contributed by atoms with Crippen LogP contribution in [-0.4, -0.2) is 46.3 Å². The number of likely N-dealkylation sites (tertiary alicyclic amines) is 1. The van der Waals surface area contributed by atoms with Crippen molar-refractivity contribution in [3.05, 3.63) is 29.6 Å². The number of aryl methyl sites for hydroxylation is 1. The number of rotatable bonds is 7. The Labute approximate surface area is 149 Å². The lowest BCUT2D eigenvalue weighted by atomic mass is 9.96. The number of carbonyl (C=O) groups excluding carboxylic acids is 2. The molecule has 0 bridgehead atoms. The van der Waals surface area contributed by atoms with E-state index in [-0.39, 0.29) is 17.8 Å². The summed E-state index contributed by atoms with van der Waals surface area (Å²) < 4.78 is 7.00. The molecule has 1 amide bonds. The van der Waals surface area contributed by atoms with Crippen LogP contribution in [0.25, 0.3) is 0 Å². The second-order valence-electron chi connectivity index (χ2n) is 6.53. The van der Waals surface area contributed by atoms with E-state index in [4.69, 9.17) is 4.74 Å². The van der Waals surface area contributed by atoms with Crippen LogP contribution in [0.15, 0.2) is 12.7 Å². The fourth-order valence-corrected chi connectivity index (χ4v) is 3.41. The molecule has 0 unspecified atom stereocenters. The minimum absolute atomic E-state index is 0.0642. The highest BCUT2D eigenvalue weighted by atomic mass is 16.5. The number of hydrogen-bond donors (Lipinski definition) is 0. The Bertz CT molecular complexity index is 628. The van der Waals surface area contributed by atoms with Gasteiger partial charge in [-0.25, -0.2) is 0 Å². The third kappa shape index (κ3) is 4.71. The van der Waals surface area contributed by atoms with Crippen LogP contribution in [-0.2, 0) is 27.3 Å². The van der Waals surface area contributed by atoms with Gasteiger partial charge >= 0.3 is 5.97 Å². The van der Waals surface area contributed by atoms with Gasteiger partial charge in [0.05, 0.1) is 24.8 Å². The highest BCUT2D eigenvalue weighted by molar-refractivity contribution is 5.77. The summed E-state index contributed by atoms with van der Waals surface area (Å²) in [5.41, 5.74) is 3.23. The summed E-state index contributed by atoms with van der Waals surface area (Å²) in [6.45, 7) is 11.9. The minimum atomic E-state index is -0.129. The molecule has 1 saturated heterocycles. The first-order valence-electron chi connectivity index (χ1n) is 9.06. The first-order valence-corrected chi connectivity index (χ1v) is 9.06. The molecule has 0 aliphatic carbocycles. The highest BCUT2D eigenvalue weighted by Crippen LogP contribution is 2.21. The molecule has 0 spiro atoms. The summed E-state index contributed by atoms with van der Waals surface area (Å²) >= 11 is 0. The number of ether oxygens (including phenoxy) is 1. The van der Waals surface area contributed by atoms with E-state index in [1.54, 1.807) is 0 Å². The van der Waals surface area contributed by atoms with Crippen molar-refractivity contribution in [1.29, 1.82) is 0 Å². The van der Waals surface area contributed by atoms with Crippen LogP contribution in [0, 0.1) is 19.8 Å². The lowest BCUT2D eigenvalue weighted by Gasteiger charge is -2.31. The zero-order chi connectivity index (χ0) is 18.4. The number of nitrogens with zero attached hydrogens (tertiary/aromatic N) is 3. The van der Waals surface area contributed by atoms with Crippen molar-refractivity contribution in [3.8, 4) is 0 Å². The quantitative estimate of drug-likeness (QED) is 0.561. The molecule has 25 heavy (non-hydrogen) atoms. The predicted molar refractivity (Wildman–Crippen MR) is 96.2 cm³/mol. The van der Waals surface area contributed by atoms with Crippen LogP contribution >= 0.6 is 0 Å². The van der Waals surface area contributed by atoms with Crippen molar-refractivity contribution < 1.29 is 14.3 Å². The van der Waals surface area contributed by atoms with Crippen molar-refractivity contribution in [2.24, 2.45) is 5.92 Å². The summed E-state index contributed by atoms with van der Waals surface area (Å²) in [5.74, 6) is -0.0429. The molecule has 0 aromatic carbocycles. The van der Waals surface area contributed by atoms with E-state index in [1.165, 1.54) is 0 Å². The molecule has 1 aromatic heterocycles. The summed E-state index contributed by atoms with van der Waals surface area (Å²) in [6.07, 6.45) is 4.39. The summed E-state index contributed by atoms with van der Waals surface area (Å²) in [4.78, 5) is 26.1. The molecule has 0 radical (unpaired) electrons. The molecule has 1 aromatic rings. The Hall–Kier alpha value is -2.11. The number of aromatic nitrogens is 2. The van der Waals surface area contributed by atoms with Crippen LogP contribution < -0.4 is 0 Å². The van der Waals surface area contributed by atoms with Gasteiger partial charge in [0.25, 0.3) is 0 Å². The van der Waals surface area contributed by atoms with Crippen molar-refractivity contribution in [2.45, 2.75) is 53.0 Å². The maximum Gasteiger partial charge on any atom is 0.309 e. The van der Waals surface area contributed by atoms with Gasteiger partial charge in [-0.15, -0.1) is 6.58 Å². The van der Waals surface area contributed by atoms with Gasteiger partial charge in [0, 0.05) is 25.2 Å². The Morgan fingerprint density at radius 2 is 2.00 bits per heavy atom. The Morgan fingerprint density at radius 3 is 2.60 bits per heavy atom. The first-order chi connectivity index (χ1) is 12.0. The van der Waals surface area contributed by atoms with Gasteiger partial charge in [0.15, 0.2) is 0 Å². The number of allylic oxidation sites excluding steroid dienone is 1. The van der Waals surface area contributed by atoms with Gasteiger partial charge < -0.3 is 9.64 Å². The summed E-state index contributed by atoms with van der Waals surface area (Å²) in [7, 11) is 0. The number of amides is 1. The number of hydrogen-bond acceptors (Lipinski definition) is 4. The monoisotopic (exact) mass is 347 g/mol. The standard InChI is InChI=1S/C19H29N3O3/c1-5-11-22-15(4)17(14(3)20-22)7-8-18(23)21-12-9-16(10-13-21)19(24)25-6-2/h5,16H,1,6-13H2,2-4H3. The van der Waals surface area contributed by atoms with Crippen LogP contribution in [0.5, 0.6) is 0 Å². The largest absolute Gasteiger partial charge is 0.466 e. The highest BCUT2D eigenvalue weighted by Gasteiger charge is 2.28. The van der Waals surface area contributed by atoms with E-state index >= 15 is 0 Å². The molecule has 6 heteroatoms. The van der Waals surface area contributed by atoms with E-state index in [2.05, 4.69) is 11.7 Å². The van der Waals surface area contributed by atoms with Crippen molar-refractivity contribution in [1.82, 2.24) is 14.7 Å². The lowest BCUT2D eigenvalue weighted by Crippen LogP contribution is -2.40. The zero-order valence-corrected chi connectivity index (χ0v) is 15.6. The lowest BCUT2D eigenvalue weighted by molar-refractivity contribution is -0.151. The van der Waals surface area contributed by atoms with Crippen molar-refractivity contribution in [3.63, 3.8) is 0 Å². The normalized spacial score (nSPS) is 15.2. The molecule has 2 rings (SSSR count). The first kappa shape index (κ1) is 19.2. The fourth-order valence-electron chi connectivity index (χ4n) is 3.41. The van der Waals surface area contributed by atoms with Crippen LogP contribution in [0.3, 0.4) is 0 Å². The van der Waals surface area contributed by atoms with Gasteiger partial charge in [-0.1, -0.05) is 6.08 Å². The minimum Gasteiger partial charge on any atom is -0.466 e. The van der Waals surface area contributed by atoms with E-state index in [0.717, 1.165) is 17.0 Å². The second-order valence-corrected chi connectivity index (χ2v) is 6.53. The van der Waals surface area contributed by atoms with Crippen LogP contribution in [0.2, 0.25) is 0 Å². The zero-order valence-electron chi connectivity index (χ0n) is 15.6. The van der Waals surface area contributed by atoms with Gasteiger partial charge in [-0.05, 0) is 45.6 Å². The predicted octanol–water partition coefficient (Wildman–Crippen LogP) is 2.42. The Morgan fingerprint density at radius 1 is 1.32 bits per heavy atom. The number of carbonyl (C=O) groups is 2. The Balaban J connectivity index is 1.86. The van der Waals surface area contributed by atoms with Crippen LogP contribution in [0.1, 0.15) is 43.1 Å². The maximum atomic E-state index is 12.5. The van der Waals surface area contributed by atoms with Crippen molar-refractivity contribution >= 4 is 11.9 Å². The molecule has 138 valence electrons. The average Bonchev–Trinajstić information content (AvgIpc) is 2.87. The molecular formula is C19H29N3O3. The molecule has 1 aliphatic heterocycles. The summed E-state index contributed by atoms with van der Waals surface area (Å²) in [6, 6.07) is 0. The van der Waals surface area contributed by atoms with E-state index in [9.17, 15) is 9.59 Å². The average molecular weight is 347 g/mol. The molecule has 1 fully saturated rings. The second kappa shape index (κ2) is 8.83. The molecule has 1 aliphatic rings. The summed E-state index contributed by atoms with van der Waals surface area (Å²) in [5, 5.41) is 4.51. The smallest absolute Gasteiger partial charge is 0.309 e. The van der Waals surface area contributed by atoms with Gasteiger partial charge in [0.1, 0.15) is 0 Å². The fraction of sp³-hybridized carbons (Fsp3) is 0.632. The topological polar surface area (TPSA) is 64.4 Å². The molecule has 0 atom stereocenters.